The number of carboxylic acids is 1. The summed E-state index contributed by atoms with van der Waals surface area (Å²) in [4.78, 5) is 24.3. The standard InChI is InChI=1S/C17H24N2O5S/c1-13-6-7-14(2)15(12-13)25(23,24)19-10-8-18(9-11-19)16(20)4-3-5-17(21)22/h6-7,12H,3-5,8-11H2,1-2H3,(H,21,22)/p-1. The Morgan fingerprint density at radius 1 is 1.08 bits per heavy atom. The summed E-state index contributed by atoms with van der Waals surface area (Å²) in [5, 5.41) is 10.4. The Labute approximate surface area is 148 Å². The quantitative estimate of drug-likeness (QED) is 0.708. The number of piperazine rings is 1. The second-order valence-electron chi connectivity index (χ2n) is 6.28. The lowest BCUT2D eigenvalue weighted by molar-refractivity contribution is -0.305. The molecule has 1 amide bonds. The van der Waals surface area contributed by atoms with E-state index in [0.717, 1.165) is 5.56 Å². The van der Waals surface area contributed by atoms with Gasteiger partial charge < -0.3 is 14.8 Å². The lowest BCUT2D eigenvalue weighted by atomic mass is 10.2. The van der Waals surface area contributed by atoms with Crippen molar-refractivity contribution >= 4 is 21.9 Å². The summed E-state index contributed by atoms with van der Waals surface area (Å²) >= 11 is 0. The van der Waals surface area contributed by atoms with Crippen LogP contribution in [0.3, 0.4) is 0 Å². The molecule has 0 aromatic heterocycles. The third kappa shape index (κ3) is 4.79. The molecule has 7 nitrogen and oxygen atoms in total. The molecule has 1 aromatic carbocycles. The lowest BCUT2D eigenvalue weighted by Gasteiger charge is -2.34. The molecule has 0 aliphatic carbocycles. The Bertz CT molecular complexity index is 752. The number of aryl methyl sites for hydroxylation is 2. The van der Waals surface area contributed by atoms with Crippen molar-refractivity contribution in [1.82, 2.24) is 9.21 Å². The summed E-state index contributed by atoms with van der Waals surface area (Å²) < 4.78 is 27.1. The summed E-state index contributed by atoms with van der Waals surface area (Å²) in [5.41, 5.74) is 1.58. The molecule has 0 unspecified atom stereocenters. The lowest BCUT2D eigenvalue weighted by Crippen LogP contribution is -2.50. The monoisotopic (exact) mass is 367 g/mol. The third-order valence-corrected chi connectivity index (χ3v) is 6.36. The minimum absolute atomic E-state index is 0.137. The van der Waals surface area contributed by atoms with Gasteiger partial charge >= 0.3 is 0 Å². The highest BCUT2D eigenvalue weighted by Crippen LogP contribution is 2.22. The number of hydrogen-bond acceptors (Lipinski definition) is 5. The summed E-state index contributed by atoms with van der Waals surface area (Å²) in [7, 11) is -3.58. The molecule has 0 saturated carbocycles. The van der Waals surface area contributed by atoms with Crippen molar-refractivity contribution in [2.24, 2.45) is 0 Å². The van der Waals surface area contributed by atoms with Crippen LogP contribution < -0.4 is 5.11 Å². The van der Waals surface area contributed by atoms with Crippen molar-refractivity contribution in [3.8, 4) is 0 Å². The van der Waals surface area contributed by atoms with Gasteiger partial charge in [0.05, 0.1) is 4.90 Å². The number of carbonyl (C=O) groups excluding carboxylic acids is 2. The maximum atomic E-state index is 12.8. The van der Waals surface area contributed by atoms with E-state index in [4.69, 9.17) is 0 Å². The molecule has 0 spiro atoms. The molecule has 1 heterocycles. The van der Waals surface area contributed by atoms with Gasteiger partial charge in [0.25, 0.3) is 0 Å². The largest absolute Gasteiger partial charge is 0.550 e. The van der Waals surface area contributed by atoms with Gasteiger partial charge in [0.2, 0.25) is 15.9 Å². The Kier molecular flexibility index (Phi) is 6.18. The van der Waals surface area contributed by atoms with E-state index in [1.54, 1.807) is 24.0 Å². The van der Waals surface area contributed by atoms with Crippen LogP contribution in [0, 0.1) is 13.8 Å². The van der Waals surface area contributed by atoms with E-state index in [1.807, 2.05) is 13.0 Å². The molecule has 1 aromatic rings. The van der Waals surface area contributed by atoms with E-state index < -0.39 is 16.0 Å². The van der Waals surface area contributed by atoms with Crippen LogP contribution in [0.5, 0.6) is 0 Å². The summed E-state index contributed by atoms with van der Waals surface area (Å²) in [5.74, 6) is -1.32. The average Bonchev–Trinajstić information content (AvgIpc) is 2.56. The van der Waals surface area contributed by atoms with Gasteiger partial charge in [0.1, 0.15) is 0 Å². The summed E-state index contributed by atoms with van der Waals surface area (Å²) in [6, 6.07) is 5.33. The van der Waals surface area contributed by atoms with Crippen LogP contribution in [0.1, 0.15) is 30.4 Å². The van der Waals surface area contributed by atoms with E-state index in [9.17, 15) is 23.1 Å². The van der Waals surface area contributed by atoms with E-state index in [1.165, 1.54) is 4.31 Å². The van der Waals surface area contributed by atoms with Crippen LogP contribution in [0.15, 0.2) is 23.1 Å². The zero-order chi connectivity index (χ0) is 18.6. The van der Waals surface area contributed by atoms with Gasteiger partial charge in [-0.05, 0) is 43.9 Å². The van der Waals surface area contributed by atoms with Crippen molar-refractivity contribution in [3.63, 3.8) is 0 Å². The predicted octanol–water partition coefficient (Wildman–Crippen LogP) is 0.0565. The first-order chi connectivity index (χ1) is 11.7. The highest BCUT2D eigenvalue weighted by Gasteiger charge is 2.30. The Balaban J connectivity index is 1.98. The number of carbonyl (C=O) groups is 2. The number of benzene rings is 1. The Morgan fingerprint density at radius 2 is 1.72 bits per heavy atom. The van der Waals surface area contributed by atoms with Gasteiger partial charge in [0, 0.05) is 38.6 Å². The highest BCUT2D eigenvalue weighted by molar-refractivity contribution is 7.89. The zero-order valence-electron chi connectivity index (χ0n) is 14.5. The van der Waals surface area contributed by atoms with Crippen LogP contribution >= 0.6 is 0 Å². The molecule has 2 rings (SSSR count). The average molecular weight is 367 g/mol. The van der Waals surface area contributed by atoms with Gasteiger partial charge in [0.15, 0.2) is 0 Å². The Hall–Kier alpha value is -1.93. The highest BCUT2D eigenvalue weighted by atomic mass is 32.2. The van der Waals surface area contributed by atoms with Gasteiger partial charge in [-0.3, -0.25) is 4.79 Å². The van der Waals surface area contributed by atoms with Crippen LogP contribution in [-0.4, -0.2) is 55.7 Å². The van der Waals surface area contributed by atoms with Crippen LogP contribution in [-0.2, 0) is 19.6 Å². The molecule has 1 fully saturated rings. The second kappa shape index (κ2) is 7.97. The van der Waals surface area contributed by atoms with Crippen molar-refractivity contribution < 1.29 is 23.1 Å². The van der Waals surface area contributed by atoms with Crippen molar-refractivity contribution in [1.29, 1.82) is 0 Å². The number of rotatable bonds is 6. The number of hydrogen-bond donors (Lipinski definition) is 0. The number of amides is 1. The van der Waals surface area contributed by atoms with E-state index >= 15 is 0 Å². The Morgan fingerprint density at radius 3 is 2.32 bits per heavy atom. The maximum absolute atomic E-state index is 12.8. The fourth-order valence-electron chi connectivity index (χ4n) is 2.84. The molecule has 1 saturated heterocycles. The minimum Gasteiger partial charge on any atom is -0.550 e. The molecule has 0 N–H and O–H groups in total. The van der Waals surface area contributed by atoms with Crippen LogP contribution in [0.25, 0.3) is 0 Å². The van der Waals surface area contributed by atoms with Gasteiger partial charge in [-0.25, -0.2) is 8.42 Å². The fraction of sp³-hybridized carbons (Fsp3) is 0.529. The molecule has 1 aliphatic rings. The molecular weight excluding hydrogens is 344 g/mol. The molecule has 138 valence electrons. The maximum Gasteiger partial charge on any atom is 0.243 e. The predicted molar refractivity (Wildman–Crippen MR) is 90.1 cm³/mol. The van der Waals surface area contributed by atoms with E-state index in [-0.39, 0.29) is 38.3 Å². The molecule has 1 aliphatic heterocycles. The number of carboxylic acid groups (broad SMARTS) is 1. The van der Waals surface area contributed by atoms with Crippen molar-refractivity contribution in [2.45, 2.75) is 38.0 Å². The molecule has 25 heavy (non-hydrogen) atoms. The first-order valence-corrected chi connectivity index (χ1v) is 9.71. The van der Waals surface area contributed by atoms with Gasteiger partial charge in [-0.2, -0.15) is 4.31 Å². The fourth-order valence-corrected chi connectivity index (χ4v) is 4.58. The van der Waals surface area contributed by atoms with Gasteiger partial charge in [-0.1, -0.05) is 12.1 Å². The first kappa shape index (κ1) is 19.4. The zero-order valence-corrected chi connectivity index (χ0v) is 15.3. The summed E-state index contributed by atoms with van der Waals surface area (Å²) in [6.07, 6.45) is 0.229. The number of sulfonamides is 1. The number of nitrogens with zero attached hydrogens (tertiary/aromatic N) is 2. The van der Waals surface area contributed by atoms with Crippen LogP contribution in [0.4, 0.5) is 0 Å². The van der Waals surface area contributed by atoms with Crippen molar-refractivity contribution in [3.05, 3.63) is 29.3 Å². The number of aliphatic carboxylic acids is 1. The molecule has 0 atom stereocenters. The summed E-state index contributed by atoms with van der Waals surface area (Å²) in [6.45, 7) is 4.72. The molecular formula is C17H23N2O5S-. The van der Waals surface area contributed by atoms with E-state index in [2.05, 4.69) is 0 Å². The molecule has 0 bridgehead atoms. The minimum atomic E-state index is -3.58. The second-order valence-corrected chi connectivity index (χ2v) is 8.19. The van der Waals surface area contributed by atoms with E-state index in [0.29, 0.717) is 23.5 Å². The van der Waals surface area contributed by atoms with Gasteiger partial charge in [-0.15, -0.1) is 0 Å². The smallest absolute Gasteiger partial charge is 0.243 e. The van der Waals surface area contributed by atoms with Crippen LogP contribution in [0.2, 0.25) is 0 Å². The molecule has 0 radical (unpaired) electrons. The SMILES string of the molecule is Cc1ccc(C)c(S(=O)(=O)N2CCN(C(=O)CCCC(=O)[O-])CC2)c1. The molecule has 8 heteroatoms. The first-order valence-electron chi connectivity index (χ1n) is 8.27. The normalized spacial score (nSPS) is 16.0. The topological polar surface area (TPSA) is 97.8 Å². The van der Waals surface area contributed by atoms with Crippen molar-refractivity contribution in [2.75, 3.05) is 26.2 Å². The third-order valence-electron chi connectivity index (χ3n) is 4.32.